The highest BCUT2D eigenvalue weighted by atomic mass is 19.3. The van der Waals surface area contributed by atoms with Crippen molar-refractivity contribution in [3.8, 4) is 5.75 Å². The van der Waals surface area contributed by atoms with Gasteiger partial charge in [-0.3, -0.25) is 4.90 Å². The molecule has 1 aromatic rings. The fourth-order valence-corrected chi connectivity index (χ4v) is 3.40. The third-order valence-electron chi connectivity index (χ3n) is 4.49. The third-order valence-corrected chi connectivity index (χ3v) is 4.49. The minimum Gasteiger partial charge on any atom is -0.434 e. The molecule has 2 atom stereocenters. The number of rotatable bonds is 3. The van der Waals surface area contributed by atoms with E-state index in [1.165, 1.54) is 12.5 Å². The molecule has 2 heterocycles. The summed E-state index contributed by atoms with van der Waals surface area (Å²) in [4.78, 5) is 2.34. The quantitative estimate of drug-likeness (QED) is 0.834. The van der Waals surface area contributed by atoms with Crippen molar-refractivity contribution in [2.45, 2.75) is 44.4 Å². The van der Waals surface area contributed by atoms with Crippen LogP contribution in [-0.4, -0.2) is 30.6 Å². The van der Waals surface area contributed by atoms with E-state index < -0.39 is 12.4 Å². The number of nitrogens with zero attached hydrogens (tertiary/aromatic N) is 1. The zero-order chi connectivity index (χ0) is 15.0. The molecule has 2 aliphatic rings. The molecule has 0 amide bonds. The number of halogens is 3. The Hall–Kier alpha value is -1.49. The maximum Gasteiger partial charge on any atom is 0.387 e. The van der Waals surface area contributed by atoms with Gasteiger partial charge in [-0.25, -0.2) is 4.39 Å². The van der Waals surface area contributed by atoms with Gasteiger partial charge in [0.05, 0.1) is 0 Å². The SMILES string of the molecule is CN1C2C=C(c3ccc(F)cc3OC(F)F)CC1CCC2. The Morgan fingerprint density at radius 3 is 2.81 bits per heavy atom. The second-order valence-corrected chi connectivity index (χ2v) is 5.73. The van der Waals surface area contributed by atoms with E-state index in [9.17, 15) is 13.2 Å². The lowest BCUT2D eigenvalue weighted by Gasteiger charge is -2.43. The smallest absolute Gasteiger partial charge is 0.387 e. The van der Waals surface area contributed by atoms with Gasteiger partial charge in [-0.15, -0.1) is 0 Å². The molecule has 0 aliphatic carbocycles. The lowest BCUT2D eigenvalue weighted by Crippen LogP contribution is -2.45. The normalized spacial score (nSPS) is 25.9. The van der Waals surface area contributed by atoms with Gasteiger partial charge in [-0.2, -0.15) is 8.78 Å². The summed E-state index contributed by atoms with van der Waals surface area (Å²) in [6.07, 6.45) is 6.27. The van der Waals surface area contributed by atoms with Gasteiger partial charge in [0.1, 0.15) is 11.6 Å². The van der Waals surface area contributed by atoms with Crippen LogP contribution in [0.5, 0.6) is 5.75 Å². The Morgan fingerprint density at radius 2 is 2.10 bits per heavy atom. The predicted molar refractivity (Wildman–Crippen MR) is 74.8 cm³/mol. The number of benzene rings is 1. The van der Waals surface area contributed by atoms with Crippen LogP contribution < -0.4 is 4.74 Å². The minimum absolute atomic E-state index is 0.0705. The Balaban J connectivity index is 1.96. The van der Waals surface area contributed by atoms with E-state index in [1.807, 2.05) is 0 Å². The van der Waals surface area contributed by atoms with Crippen LogP contribution in [0.3, 0.4) is 0 Å². The molecule has 2 nitrogen and oxygen atoms in total. The predicted octanol–water partition coefficient (Wildman–Crippen LogP) is 4.07. The van der Waals surface area contributed by atoms with Crippen molar-refractivity contribution >= 4 is 5.57 Å². The summed E-state index contributed by atoms with van der Waals surface area (Å²) in [5.41, 5.74) is 1.57. The van der Waals surface area contributed by atoms with Crippen LogP contribution in [0, 0.1) is 5.82 Å². The summed E-state index contributed by atoms with van der Waals surface area (Å²) >= 11 is 0. The number of piperidine rings is 1. The van der Waals surface area contributed by atoms with Gasteiger partial charge < -0.3 is 4.74 Å². The second-order valence-electron chi connectivity index (χ2n) is 5.73. The molecular formula is C16H18F3NO. The molecule has 114 valence electrons. The molecule has 2 aliphatic heterocycles. The molecule has 0 aromatic heterocycles. The largest absolute Gasteiger partial charge is 0.434 e. The van der Waals surface area contributed by atoms with Crippen molar-refractivity contribution in [3.05, 3.63) is 35.7 Å². The zero-order valence-electron chi connectivity index (χ0n) is 11.9. The average molecular weight is 297 g/mol. The van der Waals surface area contributed by atoms with Gasteiger partial charge in [0.2, 0.25) is 0 Å². The highest BCUT2D eigenvalue weighted by molar-refractivity contribution is 5.72. The molecule has 21 heavy (non-hydrogen) atoms. The number of alkyl halides is 2. The van der Waals surface area contributed by atoms with E-state index in [0.29, 0.717) is 17.6 Å². The molecule has 3 rings (SSSR count). The standard InChI is InChI=1S/C16H18F3NO/c1-20-12-3-2-4-13(20)8-10(7-12)14-6-5-11(17)9-15(14)21-16(18)19/h5-7,9,12-13,16H,2-4,8H2,1H3. The van der Waals surface area contributed by atoms with E-state index >= 15 is 0 Å². The van der Waals surface area contributed by atoms with Crippen LogP contribution >= 0.6 is 0 Å². The lowest BCUT2D eigenvalue weighted by atomic mass is 9.83. The van der Waals surface area contributed by atoms with E-state index in [4.69, 9.17) is 0 Å². The zero-order valence-corrected chi connectivity index (χ0v) is 11.9. The summed E-state index contributed by atoms with van der Waals surface area (Å²) in [6.45, 7) is -2.95. The molecular weight excluding hydrogens is 279 g/mol. The molecule has 0 N–H and O–H groups in total. The van der Waals surface area contributed by atoms with Crippen LogP contribution in [0.1, 0.15) is 31.2 Å². The van der Waals surface area contributed by atoms with Crippen LogP contribution in [0.2, 0.25) is 0 Å². The summed E-state index contributed by atoms with van der Waals surface area (Å²) in [6, 6.07) is 4.63. The first kappa shape index (κ1) is 14.4. The van der Waals surface area contributed by atoms with Crippen LogP contribution in [0.25, 0.3) is 5.57 Å². The second kappa shape index (κ2) is 5.72. The van der Waals surface area contributed by atoms with Gasteiger partial charge in [0.25, 0.3) is 0 Å². The average Bonchev–Trinajstić information content (AvgIpc) is 2.38. The van der Waals surface area contributed by atoms with Crippen molar-refractivity contribution in [2.75, 3.05) is 7.05 Å². The molecule has 5 heteroatoms. The van der Waals surface area contributed by atoms with Crippen molar-refractivity contribution in [1.29, 1.82) is 0 Å². The van der Waals surface area contributed by atoms with Crippen molar-refractivity contribution in [1.82, 2.24) is 4.90 Å². The Labute approximate surface area is 122 Å². The number of ether oxygens (including phenoxy) is 1. The molecule has 2 bridgehead atoms. The van der Waals surface area contributed by atoms with Crippen molar-refractivity contribution < 1.29 is 17.9 Å². The van der Waals surface area contributed by atoms with E-state index in [2.05, 4.69) is 22.8 Å². The topological polar surface area (TPSA) is 12.5 Å². The Bertz CT molecular complexity index is 558. The highest BCUT2D eigenvalue weighted by Gasteiger charge is 2.32. The molecule has 0 radical (unpaired) electrons. The van der Waals surface area contributed by atoms with E-state index in [0.717, 1.165) is 30.9 Å². The Kier molecular flexibility index (Phi) is 3.93. The summed E-state index contributed by atoms with van der Waals surface area (Å²) < 4.78 is 42.8. The highest BCUT2D eigenvalue weighted by Crippen LogP contribution is 2.39. The number of fused-ring (bicyclic) bond motifs is 2. The van der Waals surface area contributed by atoms with E-state index in [-0.39, 0.29) is 5.75 Å². The first-order valence-electron chi connectivity index (χ1n) is 7.22. The van der Waals surface area contributed by atoms with Crippen LogP contribution in [0.15, 0.2) is 24.3 Å². The maximum absolute atomic E-state index is 13.3. The van der Waals surface area contributed by atoms with Gasteiger partial charge >= 0.3 is 6.61 Å². The monoisotopic (exact) mass is 297 g/mol. The summed E-state index contributed by atoms with van der Waals surface area (Å²) in [5.74, 6) is -0.637. The molecule has 0 spiro atoms. The Morgan fingerprint density at radius 1 is 1.29 bits per heavy atom. The molecule has 0 saturated carbocycles. The van der Waals surface area contributed by atoms with Gasteiger partial charge in [-0.1, -0.05) is 12.5 Å². The summed E-state index contributed by atoms with van der Waals surface area (Å²) in [7, 11) is 2.10. The van der Waals surface area contributed by atoms with Gasteiger partial charge in [-0.05, 0) is 44.0 Å². The fourth-order valence-electron chi connectivity index (χ4n) is 3.40. The van der Waals surface area contributed by atoms with E-state index in [1.54, 1.807) is 6.07 Å². The molecule has 1 saturated heterocycles. The first-order chi connectivity index (χ1) is 10.0. The van der Waals surface area contributed by atoms with Crippen LogP contribution in [-0.2, 0) is 0 Å². The van der Waals surface area contributed by atoms with Gasteiger partial charge in [0, 0.05) is 23.7 Å². The number of hydrogen-bond acceptors (Lipinski definition) is 2. The number of hydrogen-bond donors (Lipinski definition) is 0. The molecule has 2 unspecified atom stereocenters. The lowest BCUT2D eigenvalue weighted by molar-refractivity contribution is -0.0502. The maximum atomic E-state index is 13.3. The summed E-state index contributed by atoms with van der Waals surface area (Å²) in [5, 5.41) is 0. The van der Waals surface area contributed by atoms with Crippen molar-refractivity contribution in [3.63, 3.8) is 0 Å². The molecule has 1 fully saturated rings. The van der Waals surface area contributed by atoms with Crippen molar-refractivity contribution in [2.24, 2.45) is 0 Å². The van der Waals surface area contributed by atoms with Crippen LogP contribution in [0.4, 0.5) is 13.2 Å². The minimum atomic E-state index is -2.95. The first-order valence-corrected chi connectivity index (χ1v) is 7.22. The third kappa shape index (κ3) is 2.93. The number of likely N-dealkylation sites (N-methyl/N-ethyl adjacent to an activating group) is 1. The van der Waals surface area contributed by atoms with Gasteiger partial charge in [0.15, 0.2) is 0 Å². The molecule has 1 aromatic carbocycles. The fraction of sp³-hybridized carbons (Fsp3) is 0.500.